The lowest BCUT2D eigenvalue weighted by molar-refractivity contribution is 1.64. The molecule has 0 unspecified atom stereocenters. The Morgan fingerprint density at radius 3 is 2.78 bits per heavy atom. The van der Waals surface area contributed by atoms with Gasteiger partial charge in [-0.2, -0.15) is 0 Å². The van der Waals surface area contributed by atoms with Crippen LogP contribution < -0.4 is 11.5 Å². The fourth-order valence-electron chi connectivity index (χ4n) is 0.554. The predicted octanol–water partition coefficient (Wildman–Crippen LogP) is 1.26. The fraction of sp³-hybridized carbons (Fsp3) is 0. The Morgan fingerprint density at radius 1 is 1.56 bits per heavy atom. The SMILES string of the molecule is N/C=C\c1sccc1N. The molecule has 0 saturated heterocycles. The van der Waals surface area contributed by atoms with Crippen molar-refractivity contribution in [3.05, 3.63) is 22.5 Å². The van der Waals surface area contributed by atoms with Crippen molar-refractivity contribution >= 4 is 23.1 Å². The van der Waals surface area contributed by atoms with E-state index in [0.29, 0.717) is 0 Å². The van der Waals surface area contributed by atoms with E-state index in [1.165, 1.54) is 6.20 Å². The maximum absolute atomic E-state index is 5.53. The van der Waals surface area contributed by atoms with Crippen LogP contribution in [0.1, 0.15) is 4.88 Å². The molecule has 0 aliphatic heterocycles. The highest BCUT2D eigenvalue weighted by Crippen LogP contribution is 2.19. The minimum atomic E-state index is 0.793. The van der Waals surface area contributed by atoms with Crippen LogP contribution in [0.25, 0.3) is 6.08 Å². The van der Waals surface area contributed by atoms with Gasteiger partial charge in [-0.1, -0.05) is 0 Å². The molecule has 0 aliphatic rings. The van der Waals surface area contributed by atoms with E-state index in [2.05, 4.69) is 0 Å². The summed E-state index contributed by atoms with van der Waals surface area (Å²) in [6.45, 7) is 0. The van der Waals surface area contributed by atoms with Gasteiger partial charge < -0.3 is 11.5 Å². The van der Waals surface area contributed by atoms with Gasteiger partial charge in [-0.3, -0.25) is 0 Å². The lowest BCUT2D eigenvalue weighted by atomic mass is 10.4. The van der Waals surface area contributed by atoms with Gasteiger partial charge in [-0.15, -0.1) is 11.3 Å². The third-order valence-corrected chi connectivity index (χ3v) is 1.87. The summed E-state index contributed by atoms with van der Waals surface area (Å²) < 4.78 is 0. The monoisotopic (exact) mass is 140 g/mol. The van der Waals surface area contributed by atoms with Crippen molar-refractivity contribution in [3.63, 3.8) is 0 Å². The van der Waals surface area contributed by atoms with Crippen LogP contribution in [0.2, 0.25) is 0 Å². The molecule has 3 heteroatoms. The van der Waals surface area contributed by atoms with Gasteiger partial charge in [0.25, 0.3) is 0 Å². The Labute approximate surface area is 57.8 Å². The normalized spacial score (nSPS) is 10.7. The third-order valence-electron chi connectivity index (χ3n) is 0.975. The first-order chi connectivity index (χ1) is 4.34. The molecule has 9 heavy (non-hydrogen) atoms. The molecule has 0 spiro atoms. The van der Waals surface area contributed by atoms with Crippen LogP contribution in [0.15, 0.2) is 17.6 Å². The maximum Gasteiger partial charge on any atom is 0.0514 e. The van der Waals surface area contributed by atoms with E-state index >= 15 is 0 Å². The molecule has 48 valence electrons. The molecule has 0 saturated carbocycles. The van der Waals surface area contributed by atoms with E-state index < -0.39 is 0 Å². The average molecular weight is 140 g/mol. The second-order valence-electron chi connectivity index (χ2n) is 1.60. The Hall–Kier alpha value is -0.960. The number of anilines is 1. The summed E-state index contributed by atoms with van der Waals surface area (Å²) in [4.78, 5) is 1.03. The van der Waals surface area contributed by atoms with E-state index in [9.17, 15) is 0 Å². The Kier molecular flexibility index (Phi) is 1.75. The molecule has 1 aromatic rings. The molecule has 2 nitrogen and oxygen atoms in total. The zero-order valence-electron chi connectivity index (χ0n) is 4.87. The van der Waals surface area contributed by atoms with Crippen LogP contribution in [0.3, 0.4) is 0 Å². The standard InChI is InChI=1S/C6H8N2S/c7-3-1-6-5(8)2-4-9-6/h1-4H,7-8H2/b3-1-. The van der Waals surface area contributed by atoms with E-state index in [4.69, 9.17) is 11.5 Å². The van der Waals surface area contributed by atoms with Crippen LogP contribution in [-0.2, 0) is 0 Å². The minimum absolute atomic E-state index is 0.793. The summed E-state index contributed by atoms with van der Waals surface area (Å²) in [5.41, 5.74) is 11.5. The number of rotatable bonds is 1. The van der Waals surface area contributed by atoms with Crippen LogP contribution in [0, 0.1) is 0 Å². The third kappa shape index (κ3) is 1.23. The zero-order valence-corrected chi connectivity index (χ0v) is 5.69. The van der Waals surface area contributed by atoms with E-state index in [1.807, 2.05) is 11.4 Å². The number of thiophene rings is 1. The highest BCUT2D eigenvalue weighted by molar-refractivity contribution is 7.11. The van der Waals surface area contributed by atoms with Gasteiger partial charge in [0.1, 0.15) is 0 Å². The summed E-state index contributed by atoms with van der Waals surface area (Å²) in [6.07, 6.45) is 3.28. The molecule has 0 atom stereocenters. The number of hydrogen-bond donors (Lipinski definition) is 2. The van der Waals surface area contributed by atoms with Crippen LogP contribution in [0.4, 0.5) is 5.69 Å². The summed E-state index contributed by atoms with van der Waals surface area (Å²) in [7, 11) is 0. The molecule has 0 aliphatic carbocycles. The van der Waals surface area contributed by atoms with E-state index in [1.54, 1.807) is 17.4 Å². The van der Waals surface area contributed by atoms with Gasteiger partial charge in [-0.25, -0.2) is 0 Å². The van der Waals surface area contributed by atoms with Crippen molar-refractivity contribution in [2.45, 2.75) is 0 Å². The number of nitrogen functional groups attached to an aromatic ring is 1. The smallest absolute Gasteiger partial charge is 0.0514 e. The average Bonchev–Trinajstić information content (AvgIpc) is 2.18. The zero-order chi connectivity index (χ0) is 6.69. The van der Waals surface area contributed by atoms with Crippen molar-refractivity contribution in [1.82, 2.24) is 0 Å². The molecule has 0 fully saturated rings. The minimum Gasteiger partial charge on any atom is -0.405 e. The van der Waals surface area contributed by atoms with Gasteiger partial charge in [0.2, 0.25) is 0 Å². The first kappa shape index (κ1) is 6.16. The molecular formula is C6H8N2S. The lowest BCUT2D eigenvalue weighted by Gasteiger charge is -1.85. The number of hydrogen-bond acceptors (Lipinski definition) is 3. The van der Waals surface area contributed by atoms with Gasteiger partial charge in [0.05, 0.1) is 4.88 Å². The lowest BCUT2D eigenvalue weighted by Crippen LogP contribution is -1.82. The Balaban J connectivity index is 2.94. The molecule has 4 N–H and O–H groups in total. The first-order valence-corrected chi connectivity index (χ1v) is 3.44. The van der Waals surface area contributed by atoms with E-state index in [-0.39, 0.29) is 0 Å². The second kappa shape index (κ2) is 2.55. The first-order valence-electron chi connectivity index (χ1n) is 2.56. The Bertz CT molecular complexity index is 215. The molecule has 0 aromatic carbocycles. The van der Waals surface area contributed by atoms with Crippen LogP contribution >= 0.6 is 11.3 Å². The molecule has 0 radical (unpaired) electrons. The molecule has 1 heterocycles. The molecule has 0 bridgehead atoms. The topological polar surface area (TPSA) is 52.0 Å². The van der Waals surface area contributed by atoms with Gasteiger partial charge in [-0.05, 0) is 23.7 Å². The largest absolute Gasteiger partial charge is 0.405 e. The Morgan fingerprint density at radius 2 is 2.33 bits per heavy atom. The maximum atomic E-state index is 5.53. The fourth-order valence-corrected chi connectivity index (χ4v) is 1.28. The van der Waals surface area contributed by atoms with Crippen LogP contribution in [-0.4, -0.2) is 0 Å². The summed E-state index contributed by atoms with van der Waals surface area (Å²) in [6, 6.07) is 1.86. The van der Waals surface area contributed by atoms with Crippen molar-refractivity contribution < 1.29 is 0 Å². The van der Waals surface area contributed by atoms with Crippen molar-refractivity contribution in [2.75, 3.05) is 5.73 Å². The number of nitrogens with two attached hydrogens (primary N) is 2. The van der Waals surface area contributed by atoms with E-state index in [0.717, 1.165) is 10.6 Å². The second-order valence-corrected chi connectivity index (χ2v) is 2.55. The predicted molar refractivity (Wildman–Crippen MR) is 42.0 cm³/mol. The van der Waals surface area contributed by atoms with Crippen LogP contribution in [0.5, 0.6) is 0 Å². The summed E-state index contributed by atoms with van der Waals surface area (Å²) in [5.74, 6) is 0. The van der Waals surface area contributed by atoms with Crippen molar-refractivity contribution in [1.29, 1.82) is 0 Å². The van der Waals surface area contributed by atoms with Crippen molar-refractivity contribution in [2.24, 2.45) is 5.73 Å². The quantitative estimate of drug-likeness (QED) is 0.617. The molecule has 1 rings (SSSR count). The summed E-state index contributed by atoms with van der Waals surface area (Å²) in [5, 5.41) is 1.94. The molecular weight excluding hydrogens is 132 g/mol. The highest BCUT2D eigenvalue weighted by atomic mass is 32.1. The van der Waals surface area contributed by atoms with Crippen molar-refractivity contribution in [3.8, 4) is 0 Å². The highest BCUT2D eigenvalue weighted by Gasteiger charge is 1.92. The van der Waals surface area contributed by atoms with Gasteiger partial charge >= 0.3 is 0 Å². The van der Waals surface area contributed by atoms with Gasteiger partial charge in [0.15, 0.2) is 0 Å². The molecule has 1 aromatic heterocycles. The summed E-state index contributed by atoms with van der Waals surface area (Å²) >= 11 is 1.58. The van der Waals surface area contributed by atoms with Gasteiger partial charge in [0, 0.05) is 5.69 Å². The molecule has 0 amide bonds.